The van der Waals surface area contributed by atoms with Crippen LogP contribution in [0, 0.1) is 0 Å². The fourth-order valence-corrected chi connectivity index (χ4v) is 5.55. The van der Waals surface area contributed by atoms with Crippen molar-refractivity contribution in [3.05, 3.63) is 46.9 Å². The minimum atomic E-state index is -5.92. The zero-order chi connectivity index (χ0) is 26.0. The van der Waals surface area contributed by atoms with Gasteiger partial charge in [-0.3, -0.25) is 4.79 Å². The van der Waals surface area contributed by atoms with Crippen molar-refractivity contribution in [3.63, 3.8) is 0 Å². The number of benzene rings is 1. The predicted molar refractivity (Wildman–Crippen MR) is 121 cm³/mol. The first-order chi connectivity index (χ1) is 16.9. The lowest BCUT2D eigenvalue weighted by atomic mass is 10.1. The Labute approximate surface area is 209 Å². The summed E-state index contributed by atoms with van der Waals surface area (Å²) in [5.74, 6) is -5.91. The van der Waals surface area contributed by atoms with E-state index in [0.29, 0.717) is 24.0 Å². The summed E-state index contributed by atoms with van der Waals surface area (Å²) in [6.07, 6.45) is -0.522. The molecule has 36 heavy (non-hydrogen) atoms. The lowest BCUT2D eigenvalue weighted by molar-refractivity contribution is -0.292. The Morgan fingerprint density at radius 2 is 1.86 bits per heavy atom. The molecule has 7 nitrogen and oxygen atoms in total. The van der Waals surface area contributed by atoms with Gasteiger partial charge < -0.3 is 9.87 Å². The Hall–Kier alpha value is -2.64. The third-order valence-electron chi connectivity index (χ3n) is 5.91. The lowest BCUT2D eigenvalue weighted by Gasteiger charge is -2.19. The van der Waals surface area contributed by atoms with Crippen LogP contribution in [0.2, 0.25) is 5.02 Å². The zero-order valence-corrected chi connectivity index (χ0v) is 20.2. The molecule has 2 aliphatic rings. The van der Waals surface area contributed by atoms with Gasteiger partial charge in [0.05, 0.1) is 16.8 Å². The molecule has 192 valence electrons. The highest BCUT2D eigenvalue weighted by atomic mass is 35.5. The number of hydrogen-bond donors (Lipinski definition) is 1. The fraction of sp³-hybridized carbons (Fsp3) is 0.409. The summed E-state index contributed by atoms with van der Waals surface area (Å²) in [5, 5.41) is 10.1. The number of hydrogen-bond acceptors (Lipinski definition) is 4. The maximum Gasteiger partial charge on any atom is 0.460 e. The molecule has 1 unspecified atom stereocenters. The number of nitrogens with one attached hydrogen (secondary N) is 1. The smallest absolute Gasteiger partial charge is 0.460 e. The highest BCUT2D eigenvalue weighted by molar-refractivity contribution is 7.92. The highest BCUT2D eigenvalue weighted by Crippen LogP contribution is 2.48. The molecular formula is C22H19ClF5N5O2S. The average molecular weight is 548 g/mol. The second kappa shape index (κ2) is 8.73. The van der Waals surface area contributed by atoms with E-state index >= 15 is 0 Å². The molecule has 2 heterocycles. The molecule has 2 aromatic heterocycles. The monoisotopic (exact) mass is 547 g/mol. The van der Waals surface area contributed by atoms with Crippen LogP contribution in [-0.2, 0) is 24.1 Å². The molecule has 2 saturated carbocycles. The van der Waals surface area contributed by atoms with Gasteiger partial charge in [0.15, 0.2) is 5.69 Å². The van der Waals surface area contributed by atoms with E-state index in [1.54, 1.807) is 6.07 Å². The molecule has 1 N–H and O–H groups in total. The second-order valence-corrected chi connectivity index (χ2v) is 10.9. The topological polar surface area (TPSA) is 87.8 Å². The Bertz CT molecular complexity index is 1330. The van der Waals surface area contributed by atoms with Gasteiger partial charge >= 0.3 is 12.1 Å². The van der Waals surface area contributed by atoms with Crippen molar-refractivity contribution in [1.82, 2.24) is 24.9 Å². The largest absolute Gasteiger partial charge is 0.611 e. The van der Waals surface area contributed by atoms with Gasteiger partial charge in [-0.1, -0.05) is 17.7 Å². The van der Waals surface area contributed by atoms with Gasteiger partial charge in [-0.2, -0.15) is 32.1 Å². The molecule has 0 spiro atoms. The number of aromatic nitrogens is 4. The first-order valence-electron chi connectivity index (χ1n) is 11.0. The molecule has 1 amide bonds. The van der Waals surface area contributed by atoms with E-state index in [-0.39, 0.29) is 28.4 Å². The maximum absolute atomic E-state index is 14.4. The predicted octanol–water partition coefficient (Wildman–Crippen LogP) is 4.74. The molecule has 0 bridgehead atoms. The fourth-order valence-electron chi connectivity index (χ4n) is 3.68. The highest BCUT2D eigenvalue weighted by Gasteiger charge is 2.64. The van der Waals surface area contributed by atoms with Crippen molar-refractivity contribution in [2.75, 3.05) is 0 Å². The van der Waals surface area contributed by atoms with Gasteiger partial charge in [-0.05, 0) is 41.7 Å². The molecule has 2 fully saturated rings. The normalized spacial score (nSPS) is 17.3. The van der Waals surface area contributed by atoms with Crippen molar-refractivity contribution >= 4 is 28.7 Å². The van der Waals surface area contributed by atoms with Gasteiger partial charge in [0.1, 0.15) is 5.25 Å². The molecule has 0 radical (unpaired) electrons. The van der Waals surface area contributed by atoms with E-state index < -0.39 is 39.1 Å². The molecule has 0 saturated heterocycles. The van der Waals surface area contributed by atoms with E-state index in [0.717, 1.165) is 22.2 Å². The van der Waals surface area contributed by atoms with Crippen LogP contribution in [0.3, 0.4) is 0 Å². The van der Waals surface area contributed by atoms with E-state index in [9.17, 15) is 31.3 Å². The number of carbonyl (C=O) groups excluding carboxylic acids is 1. The van der Waals surface area contributed by atoms with Gasteiger partial charge in [-0.15, -0.1) is 0 Å². The van der Waals surface area contributed by atoms with Crippen LogP contribution in [0.4, 0.5) is 22.0 Å². The van der Waals surface area contributed by atoms with E-state index in [4.69, 9.17) is 11.6 Å². The first kappa shape index (κ1) is 25.0. The Kier molecular flexibility index (Phi) is 6.07. The van der Waals surface area contributed by atoms with Crippen molar-refractivity contribution in [2.45, 2.75) is 54.0 Å². The summed E-state index contributed by atoms with van der Waals surface area (Å²) in [5.41, 5.74) is -0.419. The Balaban J connectivity index is 1.56. The molecule has 5 rings (SSSR count). The van der Waals surface area contributed by atoms with Gasteiger partial charge in [0.2, 0.25) is 10.7 Å². The van der Waals surface area contributed by atoms with Crippen LogP contribution >= 0.6 is 11.6 Å². The molecule has 1 aromatic carbocycles. The van der Waals surface area contributed by atoms with E-state index in [2.05, 4.69) is 15.5 Å². The van der Waals surface area contributed by atoms with E-state index in [1.807, 2.05) is 0 Å². The van der Waals surface area contributed by atoms with Crippen LogP contribution < -0.4 is 5.32 Å². The molecule has 1 atom stereocenters. The number of rotatable bonds is 7. The number of nitrogens with zero attached hydrogens (tertiary/aromatic N) is 4. The summed E-state index contributed by atoms with van der Waals surface area (Å²) < 4.78 is 83.2. The van der Waals surface area contributed by atoms with Crippen molar-refractivity contribution in [2.24, 2.45) is 7.05 Å². The standard InChI is InChI=1S/C22H19ClF5N5O2S/c1-32-20(17(36(35)14-5-6-14)18(31-32)21(24,25)22(26,27)28)33-10-12(9-29-33)11-2-7-16(23)15(8-11)19(34)30-13-3-4-13/h2,7-10,13-14H,3-6H2,1H3,(H,30,34). The number of alkyl halides is 5. The van der Waals surface area contributed by atoms with Crippen molar-refractivity contribution in [3.8, 4) is 16.9 Å². The summed E-state index contributed by atoms with van der Waals surface area (Å²) in [6, 6.07) is 4.79. The van der Waals surface area contributed by atoms with Crippen LogP contribution in [-0.4, -0.2) is 47.5 Å². The Morgan fingerprint density at radius 3 is 2.47 bits per heavy atom. The molecule has 14 heteroatoms. The van der Waals surface area contributed by atoms with Gasteiger partial charge in [0, 0.05) is 37.7 Å². The quantitative estimate of drug-likeness (QED) is 0.342. The van der Waals surface area contributed by atoms with Crippen LogP contribution in [0.25, 0.3) is 16.9 Å². The summed E-state index contributed by atoms with van der Waals surface area (Å²) >= 11 is 4.04. The molecule has 3 aromatic rings. The molecule has 0 aliphatic heterocycles. The number of carbonyl (C=O) groups is 1. The van der Waals surface area contributed by atoms with Gasteiger partial charge in [0.25, 0.3) is 5.91 Å². The Morgan fingerprint density at radius 1 is 1.17 bits per heavy atom. The first-order valence-corrected chi connectivity index (χ1v) is 12.6. The van der Waals surface area contributed by atoms with Crippen molar-refractivity contribution in [1.29, 1.82) is 0 Å². The average Bonchev–Trinajstić information content (AvgIpc) is 3.73. The SMILES string of the molecule is Cn1nc(C(F)(F)C(F)(F)F)c([S+]([O-])C2CC2)c1-n1cc(-c2ccc(Cl)c(C(=O)NC3CC3)c2)cn1. The number of aryl methyl sites for hydroxylation is 1. The molecule has 2 aliphatic carbocycles. The van der Waals surface area contributed by atoms with Gasteiger partial charge in [-0.25, -0.2) is 9.36 Å². The van der Waals surface area contributed by atoms with Crippen LogP contribution in [0.1, 0.15) is 41.7 Å². The third kappa shape index (κ3) is 4.48. The number of halogens is 6. The minimum absolute atomic E-state index is 0.111. The third-order valence-corrected chi connectivity index (χ3v) is 8.10. The number of amides is 1. The zero-order valence-electron chi connectivity index (χ0n) is 18.7. The second-order valence-electron chi connectivity index (χ2n) is 8.81. The molecular weight excluding hydrogens is 529 g/mol. The van der Waals surface area contributed by atoms with Crippen molar-refractivity contribution < 1.29 is 31.3 Å². The van der Waals surface area contributed by atoms with E-state index in [1.165, 1.54) is 31.6 Å². The maximum atomic E-state index is 14.4. The minimum Gasteiger partial charge on any atom is -0.611 e. The summed E-state index contributed by atoms with van der Waals surface area (Å²) in [4.78, 5) is 11.8. The van der Waals surface area contributed by atoms with Crippen LogP contribution in [0.15, 0.2) is 35.5 Å². The lowest BCUT2D eigenvalue weighted by Crippen LogP contribution is -2.35. The van der Waals surface area contributed by atoms with Crippen LogP contribution in [0.5, 0.6) is 0 Å². The summed E-state index contributed by atoms with van der Waals surface area (Å²) in [7, 11) is 1.18. The summed E-state index contributed by atoms with van der Waals surface area (Å²) in [6.45, 7) is 0.